The van der Waals surface area contributed by atoms with Gasteiger partial charge in [0.15, 0.2) is 6.04 Å². The first kappa shape index (κ1) is 34.9. The lowest BCUT2D eigenvalue weighted by molar-refractivity contribution is -0.840. The van der Waals surface area contributed by atoms with Crippen molar-refractivity contribution >= 4 is 29.3 Å². The van der Waals surface area contributed by atoms with E-state index in [-0.39, 0.29) is 63.7 Å². The molecule has 1 aromatic rings. The van der Waals surface area contributed by atoms with Gasteiger partial charge in [0, 0.05) is 49.1 Å². The van der Waals surface area contributed by atoms with Gasteiger partial charge in [0.05, 0.1) is 31.0 Å². The van der Waals surface area contributed by atoms with Gasteiger partial charge in [0.2, 0.25) is 5.91 Å². The van der Waals surface area contributed by atoms with Gasteiger partial charge in [-0.25, -0.2) is 4.79 Å². The van der Waals surface area contributed by atoms with E-state index in [1.807, 2.05) is 36.2 Å². The number of aliphatic hydroxyl groups is 1. The number of likely N-dealkylation sites (N-methyl/N-ethyl adjacent to an activating group) is 2. The molecule has 44 heavy (non-hydrogen) atoms. The van der Waals surface area contributed by atoms with Crippen molar-refractivity contribution in [2.45, 2.75) is 110 Å². The van der Waals surface area contributed by atoms with Gasteiger partial charge in [-0.05, 0) is 83.4 Å². The maximum atomic E-state index is 15.0. The SMILES string of the molecule is CNC(=O)[C@@H]1C[C@H](N(C(=O)C(C)(C)CO)C2CCC(C)(C)CC2)C[N+]1(C)C(=O)[C@@H]1CN(C(C)(C)C)C[C@H]1c1ccc(Cl)cc1. The monoisotopic (exact) mass is 631 g/mol. The number of benzene rings is 1. The van der Waals surface area contributed by atoms with Crippen molar-refractivity contribution in [2.24, 2.45) is 16.7 Å². The molecule has 2 aliphatic heterocycles. The van der Waals surface area contributed by atoms with E-state index in [2.05, 4.69) is 44.8 Å². The highest BCUT2D eigenvalue weighted by atomic mass is 35.5. The Hall–Kier alpha value is -2.00. The summed E-state index contributed by atoms with van der Waals surface area (Å²) in [5, 5.41) is 13.7. The first-order valence-corrected chi connectivity index (χ1v) is 16.8. The van der Waals surface area contributed by atoms with Crippen LogP contribution in [-0.2, 0) is 14.4 Å². The van der Waals surface area contributed by atoms with E-state index in [1.165, 1.54) is 0 Å². The van der Waals surface area contributed by atoms with Crippen molar-refractivity contribution in [3.8, 4) is 0 Å². The van der Waals surface area contributed by atoms with Gasteiger partial charge in [-0.15, -0.1) is 0 Å². The molecule has 2 heterocycles. The fraction of sp³-hybridized carbons (Fsp3) is 0.743. The minimum atomic E-state index is -0.955. The molecule has 0 aromatic heterocycles. The third-order valence-corrected chi connectivity index (χ3v) is 11.3. The van der Waals surface area contributed by atoms with Gasteiger partial charge in [0.25, 0.3) is 5.91 Å². The Morgan fingerprint density at radius 1 is 1.05 bits per heavy atom. The lowest BCUT2D eigenvalue weighted by Gasteiger charge is -2.45. The number of nitrogens with one attached hydrogen (secondary N) is 1. The van der Waals surface area contributed by atoms with Crippen LogP contribution in [-0.4, -0.2) is 101 Å². The maximum absolute atomic E-state index is 15.0. The van der Waals surface area contributed by atoms with E-state index < -0.39 is 11.5 Å². The molecule has 3 fully saturated rings. The molecule has 246 valence electrons. The summed E-state index contributed by atoms with van der Waals surface area (Å²) in [4.78, 5) is 47.1. The molecular weight excluding hydrogens is 576 g/mol. The van der Waals surface area contributed by atoms with Crippen molar-refractivity contribution in [3.63, 3.8) is 0 Å². The Balaban J connectivity index is 1.73. The summed E-state index contributed by atoms with van der Waals surface area (Å²) in [5.41, 5.74) is 0.213. The molecule has 0 spiro atoms. The third-order valence-electron chi connectivity index (χ3n) is 11.0. The molecule has 9 heteroatoms. The summed E-state index contributed by atoms with van der Waals surface area (Å²) < 4.78 is -0.0430. The van der Waals surface area contributed by atoms with Gasteiger partial charge in [-0.2, -0.15) is 0 Å². The number of hydrogen-bond acceptors (Lipinski definition) is 5. The fourth-order valence-corrected chi connectivity index (χ4v) is 7.97. The van der Waals surface area contributed by atoms with Crippen molar-refractivity contribution < 1.29 is 24.0 Å². The molecule has 2 saturated heterocycles. The molecule has 1 aliphatic carbocycles. The smallest absolute Gasteiger partial charge is 0.319 e. The second kappa shape index (κ2) is 12.7. The van der Waals surface area contributed by atoms with Crippen molar-refractivity contribution in [1.29, 1.82) is 0 Å². The zero-order valence-corrected chi connectivity index (χ0v) is 29.2. The Morgan fingerprint density at radius 3 is 2.16 bits per heavy atom. The highest BCUT2D eigenvalue weighted by molar-refractivity contribution is 6.30. The van der Waals surface area contributed by atoms with Gasteiger partial charge in [-0.1, -0.05) is 37.6 Å². The summed E-state index contributed by atoms with van der Waals surface area (Å²) in [5.74, 6) is -0.572. The normalized spacial score (nSPS) is 29.9. The summed E-state index contributed by atoms with van der Waals surface area (Å²) in [7, 11) is 3.53. The van der Waals surface area contributed by atoms with Crippen LogP contribution in [0.4, 0.5) is 0 Å². The van der Waals surface area contributed by atoms with Gasteiger partial charge in [-0.3, -0.25) is 19.0 Å². The highest BCUT2D eigenvalue weighted by Gasteiger charge is 2.59. The standard InChI is InChI=1S/C35H55ClN4O4/c1-33(2,3)38-19-27(23-10-12-24(36)13-11-23)28(20-38)31(43)40(9)21-26(18-29(40)30(42)37-8)39(32(44)35(6,7)22-41)25-14-16-34(4,5)17-15-25/h10-13,25-29,41H,14-22H2,1-9H3/p+1/t26-,27-,28+,29-,40?/m0/s1. The maximum Gasteiger partial charge on any atom is 0.319 e. The summed E-state index contributed by atoms with van der Waals surface area (Å²) >= 11 is 6.23. The van der Waals surface area contributed by atoms with Gasteiger partial charge in [0.1, 0.15) is 6.54 Å². The Bertz CT molecular complexity index is 1220. The van der Waals surface area contributed by atoms with Crippen LogP contribution in [0.25, 0.3) is 0 Å². The average molecular weight is 632 g/mol. The van der Waals surface area contributed by atoms with Crippen molar-refractivity contribution in [2.75, 3.05) is 40.3 Å². The predicted molar refractivity (Wildman–Crippen MR) is 175 cm³/mol. The number of rotatable bonds is 7. The largest absolute Gasteiger partial charge is 0.395 e. The molecule has 8 nitrogen and oxygen atoms in total. The van der Waals surface area contributed by atoms with Crippen LogP contribution >= 0.6 is 11.6 Å². The van der Waals surface area contributed by atoms with Gasteiger partial charge < -0.3 is 15.3 Å². The fourth-order valence-electron chi connectivity index (χ4n) is 7.84. The minimum absolute atomic E-state index is 0.0167. The lowest BCUT2D eigenvalue weighted by atomic mass is 9.74. The quantitative estimate of drug-likeness (QED) is 0.421. The van der Waals surface area contributed by atoms with E-state index in [0.29, 0.717) is 24.5 Å². The zero-order chi connectivity index (χ0) is 32.8. The van der Waals surface area contributed by atoms with E-state index >= 15 is 0 Å². The van der Waals surface area contributed by atoms with Crippen LogP contribution in [0, 0.1) is 16.7 Å². The van der Waals surface area contributed by atoms with E-state index in [0.717, 1.165) is 37.8 Å². The van der Waals surface area contributed by atoms with E-state index in [9.17, 15) is 19.5 Å². The number of carbonyl (C=O) groups is 3. The van der Waals surface area contributed by atoms with Crippen LogP contribution in [0.5, 0.6) is 0 Å². The molecule has 4 rings (SSSR count). The van der Waals surface area contributed by atoms with E-state index in [4.69, 9.17) is 11.6 Å². The van der Waals surface area contributed by atoms with Crippen LogP contribution in [0.3, 0.4) is 0 Å². The minimum Gasteiger partial charge on any atom is -0.395 e. The predicted octanol–water partition coefficient (Wildman–Crippen LogP) is 4.83. The third kappa shape index (κ3) is 6.89. The Kier molecular flexibility index (Phi) is 10.0. The summed E-state index contributed by atoms with van der Waals surface area (Å²) in [6.07, 6.45) is 4.17. The molecule has 1 aromatic carbocycles. The highest BCUT2D eigenvalue weighted by Crippen LogP contribution is 2.44. The Morgan fingerprint density at radius 2 is 1.64 bits per heavy atom. The topological polar surface area (TPSA) is 90.0 Å². The first-order valence-electron chi connectivity index (χ1n) is 16.4. The van der Waals surface area contributed by atoms with Crippen LogP contribution in [0.1, 0.15) is 92.1 Å². The van der Waals surface area contributed by atoms with Crippen molar-refractivity contribution in [3.05, 3.63) is 34.9 Å². The number of halogens is 1. The molecule has 1 unspecified atom stereocenters. The molecule has 3 aliphatic rings. The lowest BCUT2D eigenvalue weighted by Crippen LogP contribution is -2.61. The summed E-state index contributed by atoms with van der Waals surface area (Å²) in [6, 6.07) is 6.92. The summed E-state index contributed by atoms with van der Waals surface area (Å²) in [6.45, 7) is 16.1. The molecule has 5 atom stereocenters. The molecule has 0 radical (unpaired) electrons. The number of quaternary nitrogens is 1. The molecule has 1 saturated carbocycles. The van der Waals surface area contributed by atoms with E-state index in [1.54, 1.807) is 20.9 Å². The molecule has 3 amide bonds. The van der Waals surface area contributed by atoms with Crippen LogP contribution < -0.4 is 5.32 Å². The molecular formula is C35H56ClN4O4+. The zero-order valence-electron chi connectivity index (χ0n) is 28.5. The molecule has 2 N–H and O–H groups in total. The number of nitrogens with zero attached hydrogens (tertiary/aromatic N) is 3. The second-order valence-electron chi connectivity index (χ2n) is 16.3. The van der Waals surface area contributed by atoms with Crippen LogP contribution in [0.2, 0.25) is 5.02 Å². The first-order chi connectivity index (χ1) is 20.3. The van der Waals surface area contributed by atoms with Gasteiger partial charge >= 0.3 is 5.91 Å². The molecule has 0 bridgehead atoms. The van der Waals surface area contributed by atoms with Crippen LogP contribution in [0.15, 0.2) is 24.3 Å². The number of hydrogen-bond donors (Lipinski definition) is 2. The number of carbonyl (C=O) groups excluding carboxylic acids is 3. The van der Waals surface area contributed by atoms with Crippen molar-refractivity contribution in [1.82, 2.24) is 15.1 Å². The Labute approximate surface area is 270 Å². The average Bonchev–Trinajstić information content (AvgIpc) is 3.56. The number of aliphatic hydroxyl groups excluding tert-OH is 1. The number of likely N-dealkylation sites (tertiary alicyclic amines) is 2. The second-order valence-corrected chi connectivity index (χ2v) is 16.7. The number of amides is 3.